The molecular weight excluding hydrogens is 152 g/mol. The van der Waals surface area contributed by atoms with Gasteiger partial charge in [0.15, 0.2) is 0 Å². The average Bonchev–Trinajstić information content (AvgIpc) is 2.65. The molecule has 4 nitrogen and oxygen atoms in total. The summed E-state index contributed by atoms with van der Waals surface area (Å²) in [7, 11) is 0. The number of nitrogens with one attached hydrogen (secondary N) is 1. The van der Waals surface area contributed by atoms with Crippen molar-refractivity contribution in [2.75, 3.05) is 18.8 Å². The van der Waals surface area contributed by atoms with Crippen molar-refractivity contribution < 1.29 is 0 Å². The van der Waals surface area contributed by atoms with Crippen LogP contribution < -0.4 is 5.73 Å². The number of aromatic amines is 1. The van der Waals surface area contributed by atoms with Crippen LogP contribution in [0.1, 0.15) is 18.5 Å². The molecule has 1 saturated heterocycles. The third kappa shape index (κ3) is 1.43. The standard InChI is InChI=1S/C8H14N4/c9-7-5-10-11-8(7)6-12-3-1-2-4-12/h5H,1-4,6,9H2,(H,10,11). The molecule has 0 unspecified atom stereocenters. The number of hydrogen-bond donors (Lipinski definition) is 2. The molecule has 1 aliphatic rings. The monoisotopic (exact) mass is 166 g/mol. The lowest BCUT2D eigenvalue weighted by molar-refractivity contribution is 0.327. The zero-order valence-corrected chi connectivity index (χ0v) is 7.08. The lowest BCUT2D eigenvalue weighted by Gasteiger charge is -2.12. The predicted octanol–water partition coefficient (Wildman–Crippen LogP) is 0.588. The van der Waals surface area contributed by atoms with Gasteiger partial charge in [0.2, 0.25) is 0 Å². The second kappa shape index (κ2) is 3.15. The molecule has 1 aromatic rings. The fraction of sp³-hybridized carbons (Fsp3) is 0.625. The van der Waals surface area contributed by atoms with Crippen LogP contribution in [0.4, 0.5) is 5.69 Å². The van der Waals surface area contributed by atoms with Crippen LogP contribution in [-0.4, -0.2) is 28.2 Å². The molecular formula is C8H14N4. The topological polar surface area (TPSA) is 57.9 Å². The van der Waals surface area contributed by atoms with Crippen LogP contribution in [0.15, 0.2) is 6.20 Å². The molecule has 2 heterocycles. The van der Waals surface area contributed by atoms with Gasteiger partial charge in [-0.05, 0) is 25.9 Å². The highest BCUT2D eigenvalue weighted by Gasteiger charge is 2.13. The molecule has 0 spiro atoms. The number of hydrogen-bond acceptors (Lipinski definition) is 3. The maximum absolute atomic E-state index is 5.70. The van der Waals surface area contributed by atoms with E-state index in [1.54, 1.807) is 6.20 Å². The van der Waals surface area contributed by atoms with E-state index in [4.69, 9.17) is 5.73 Å². The first-order valence-electron chi connectivity index (χ1n) is 4.36. The molecule has 2 rings (SSSR count). The van der Waals surface area contributed by atoms with Gasteiger partial charge in [-0.1, -0.05) is 0 Å². The highest BCUT2D eigenvalue weighted by molar-refractivity contribution is 5.39. The first-order valence-corrected chi connectivity index (χ1v) is 4.36. The van der Waals surface area contributed by atoms with Crippen molar-refractivity contribution in [3.63, 3.8) is 0 Å². The Morgan fingerprint density at radius 2 is 2.25 bits per heavy atom. The van der Waals surface area contributed by atoms with E-state index >= 15 is 0 Å². The molecule has 4 heteroatoms. The molecule has 66 valence electrons. The van der Waals surface area contributed by atoms with Gasteiger partial charge in [-0.2, -0.15) is 5.10 Å². The predicted molar refractivity (Wildman–Crippen MR) is 47.5 cm³/mol. The molecule has 1 aromatic heterocycles. The second-order valence-electron chi connectivity index (χ2n) is 3.29. The summed E-state index contributed by atoms with van der Waals surface area (Å²) in [6.45, 7) is 3.31. The van der Waals surface area contributed by atoms with E-state index in [2.05, 4.69) is 15.1 Å². The molecule has 0 saturated carbocycles. The molecule has 0 aromatic carbocycles. The molecule has 3 N–H and O–H groups in total. The third-order valence-electron chi connectivity index (χ3n) is 2.33. The van der Waals surface area contributed by atoms with Crippen LogP contribution in [0.3, 0.4) is 0 Å². The van der Waals surface area contributed by atoms with Crippen molar-refractivity contribution in [1.29, 1.82) is 0 Å². The molecule has 0 aliphatic carbocycles. The van der Waals surface area contributed by atoms with Gasteiger partial charge in [-0.25, -0.2) is 0 Å². The quantitative estimate of drug-likeness (QED) is 0.676. The van der Waals surface area contributed by atoms with Crippen molar-refractivity contribution in [2.45, 2.75) is 19.4 Å². The summed E-state index contributed by atoms with van der Waals surface area (Å²) in [6.07, 6.45) is 4.30. The summed E-state index contributed by atoms with van der Waals surface area (Å²) in [5.74, 6) is 0. The molecule has 12 heavy (non-hydrogen) atoms. The summed E-state index contributed by atoms with van der Waals surface area (Å²) in [4.78, 5) is 2.39. The molecule has 0 radical (unpaired) electrons. The van der Waals surface area contributed by atoms with Gasteiger partial charge in [0.05, 0.1) is 17.6 Å². The fourth-order valence-electron chi connectivity index (χ4n) is 1.61. The van der Waals surface area contributed by atoms with Crippen molar-refractivity contribution in [1.82, 2.24) is 15.1 Å². The van der Waals surface area contributed by atoms with E-state index in [1.807, 2.05) is 0 Å². The van der Waals surface area contributed by atoms with Crippen LogP contribution in [0.25, 0.3) is 0 Å². The second-order valence-corrected chi connectivity index (χ2v) is 3.29. The maximum Gasteiger partial charge on any atom is 0.0743 e. The maximum atomic E-state index is 5.70. The van der Waals surface area contributed by atoms with Crippen molar-refractivity contribution in [3.05, 3.63) is 11.9 Å². The summed E-state index contributed by atoms with van der Waals surface area (Å²) >= 11 is 0. The summed E-state index contributed by atoms with van der Waals surface area (Å²) in [5, 5.41) is 6.80. The van der Waals surface area contributed by atoms with Crippen molar-refractivity contribution in [2.24, 2.45) is 0 Å². The minimum Gasteiger partial charge on any atom is -0.396 e. The Labute approximate surface area is 71.7 Å². The van der Waals surface area contributed by atoms with Crippen LogP contribution in [0.5, 0.6) is 0 Å². The number of H-pyrrole nitrogens is 1. The molecule has 0 amide bonds. The van der Waals surface area contributed by atoms with E-state index in [0.717, 1.165) is 17.9 Å². The van der Waals surface area contributed by atoms with E-state index < -0.39 is 0 Å². The Morgan fingerprint density at radius 1 is 1.50 bits per heavy atom. The van der Waals surface area contributed by atoms with Gasteiger partial charge in [0.25, 0.3) is 0 Å². The van der Waals surface area contributed by atoms with Gasteiger partial charge in [-0.15, -0.1) is 0 Å². The highest BCUT2D eigenvalue weighted by Crippen LogP contribution is 2.14. The van der Waals surface area contributed by atoms with Gasteiger partial charge in [0.1, 0.15) is 0 Å². The number of nitrogens with zero attached hydrogens (tertiary/aromatic N) is 2. The largest absolute Gasteiger partial charge is 0.396 e. The van der Waals surface area contributed by atoms with Crippen LogP contribution in [-0.2, 0) is 6.54 Å². The molecule has 1 fully saturated rings. The Morgan fingerprint density at radius 3 is 2.83 bits per heavy atom. The number of nitrogens with two attached hydrogens (primary N) is 1. The number of nitrogen functional groups attached to an aromatic ring is 1. The van der Waals surface area contributed by atoms with Crippen LogP contribution in [0.2, 0.25) is 0 Å². The Kier molecular flexibility index (Phi) is 1.99. The lowest BCUT2D eigenvalue weighted by Crippen LogP contribution is -2.19. The third-order valence-corrected chi connectivity index (χ3v) is 2.33. The van der Waals surface area contributed by atoms with Crippen molar-refractivity contribution >= 4 is 5.69 Å². The van der Waals surface area contributed by atoms with Gasteiger partial charge < -0.3 is 5.73 Å². The van der Waals surface area contributed by atoms with Gasteiger partial charge in [0, 0.05) is 6.54 Å². The molecule has 0 atom stereocenters. The first kappa shape index (κ1) is 7.61. The van der Waals surface area contributed by atoms with E-state index in [9.17, 15) is 0 Å². The van der Waals surface area contributed by atoms with E-state index in [-0.39, 0.29) is 0 Å². The summed E-state index contributed by atoms with van der Waals surface area (Å²) in [5.41, 5.74) is 7.53. The molecule has 0 bridgehead atoms. The normalized spacial score (nSPS) is 18.7. The minimum atomic E-state index is 0.780. The van der Waals surface area contributed by atoms with Gasteiger partial charge in [-0.3, -0.25) is 10.00 Å². The number of likely N-dealkylation sites (tertiary alicyclic amines) is 1. The number of anilines is 1. The van der Waals surface area contributed by atoms with E-state index in [0.29, 0.717) is 0 Å². The zero-order chi connectivity index (χ0) is 8.39. The number of aromatic nitrogens is 2. The highest BCUT2D eigenvalue weighted by atomic mass is 15.2. The number of rotatable bonds is 2. The molecule has 1 aliphatic heterocycles. The SMILES string of the molecule is Nc1cn[nH]c1CN1CCCC1. The lowest BCUT2D eigenvalue weighted by atomic mass is 10.3. The van der Waals surface area contributed by atoms with Gasteiger partial charge >= 0.3 is 0 Å². The summed E-state index contributed by atoms with van der Waals surface area (Å²) < 4.78 is 0. The average molecular weight is 166 g/mol. The Balaban J connectivity index is 1.98. The minimum absolute atomic E-state index is 0.780. The zero-order valence-electron chi connectivity index (χ0n) is 7.08. The van der Waals surface area contributed by atoms with E-state index in [1.165, 1.54) is 25.9 Å². The fourth-order valence-corrected chi connectivity index (χ4v) is 1.61. The Hall–Kier alpha value is -1.03. The smallest absolute Gasteiger partial charge is 0.0743 e. The first-order chi connectivity index (χ1) is 5.86. The van der Waals surface area contributed by atoms with Crippen LogP contribution >= 0.6 is 0 Å². The van der Waals surface area contributed by atoms with Crippen molar-refractivity contribution in [3.8, 4) is 0 Å². The summed E-state index contributed by atoms with van der Waals surface area (Å²) in [6, 6.07) is 0. The van der Waals surface area contributed by atoms with Crippen LogP contribution in [0, 0.1) is 0 Å². The Bertz CT molecular complexity index is 249.